The lowest BCUT2D eigenvalue weighted by Gasteiger charge is -2.12. The fourth-order valence-electron chi connectivity index (χ4n) is 4.58. The molecule has 0 unspecified atom stereocenters. The van der Waals surface area contributed by atoms with Crippen molar-refractivity contribution in [3.8, 4) is 28.7 Å². The summed E-state index contributed by atoms with van der Waals surface area (Å²) in [6.45, 7) is 9.63. The first-order valence-electron chi connectivity index (χ1n) is 14.7. The molecule has 0 aliphatic rings. The number of aryl methyl sites for hydroxylation is 2. The second-order valence-electron chi connectivity index (χ2n) is 10.3. The van der Waals surface area contributed by atoms with E-state index in [0.717, 1.165) is 62.7 Å². The summed E-state index contributed by atoms with van der Waals surface area (Å²) in [7, 11) is 0. The predicted octanol–water partition coefficient (Wildman–Crippen LogP) is 9.33. The van der Waals surface area contributed by atoms with E-state index in [1.165, 1.54) is 19.3 Å². The summed E-state index contributed by atoms with van der Waals surface area (Å²) in [6, 6.07) is 20.0. The number of unbranched alkanes of at least 4 members (excludes halogenated alkanes) is 3. The molecule has 0 radical (unpaired) electrons. The Hall–Kier alpha value is -4.69. The van der Waals surface area contributed by atoms with Crippen molar-refractivity contribution < 1.29 is 9.47 Å². The summed E-state index contributed by atoms with van der Waals surface area (Å²) in [6.07, 6.45) is 16.6. The van der Waals surface area contributed by atoms with Gasteiger partial charge in [-0.15, -0.1) is 0 Å². The third-order valence-corrected chi connectivity index (χ3v) is 7.00. The number of rotatable bonds is 13. The van der Waals surface area contributed by atoms with Gasteiger partial charge in [-0.1, -0.05) is 56.5 Å². The van der Waals surface area contributed by atoms with Crippen molar-refractivity contribution in [1.29, 1.82) is 5.26 Å². The first-order valence-corrected chi connectivity index (χ1v) is 14.7. The van der Waals surface area contributed by atoms with Crippen molar-refractivity contribution in [2.24, 2.45) is 0 Å². The molecule has 2 aromatic heterocycles. The van der Waals surface area contributed by atoms with Crippen LogP contribution >= 0.6 is 0 Å². The number of nitrogens with zero attached hydrogens (tertiary/aromatic N) is 3. The van der Waals surface area contributed by atoms with Crippen LogP contribution in [-0.2, 0) is 0 Å². The summed E-state index contributed by atoms with van der Waals surface area (Å²) in [5, 5.41) is 8.98. The van der Waals surface area contributed by atoms with Gasteiger partial charge in [-0.05, 0) is 98.0 Å². The Morgan fingerprint density at radius 2 is 1.31 bits per heavy atom. The van der Waals surface area contributed by atoms with Crippen LogP contribution in [0.5, 0.6) is 11.5 Å². The number of benzene rings is 2. The van der Waals surface area contributed by atoms with Gasteiger partial charge in [0.1, 0.15) is 0 Å². The van der Waals surface area contributed by atoms with Gasteiger partial charge in [0.05, 0.1) is 36.2 Å². The first kappa shape index (κ1) is 30.3. The number of ether oxygens (including phenoxy) is 2. The molecule has 0 bridgehead atoms. The van der Waals surface area contributed by atoms with Crippen molar-refractivity contribution in [2.75, 3.05) is 13.2 Å². The molecule has 0 fully saturated rings. The molecule has 4 aromatic rings. The minimum Gasteiger partial charge on any atom is -0.490 e. The number of pyridine rings is 2. The van der Waals surface area contributed by atoms with Gasteiger partial charge in [-0.25, -0.2) is 0 Å². The lowest BCUT2D eigenvalue weighted by Crippen LogP contribution is -2.01. The Kier molecular flexibility index (Phi) is 11.1. The van der Waals surface area contributed by atoms with E-state index in [1.807, 2.05) is 73.9 Å². The van der Waals surface area contributed by atoms with Crippen LogP contribution in [0.25, 0.3) is 35.4 Å². The van der Waals surface area contributed by atoms with Crippen LogP contribution in [0.3, 0.4) is 0 Å². The molecule has 4 rings (SSSR count). The van der Waals surface area contributed by atoms with Gasteiger partial charge in [0, 0.05) is 23.5 Å². The maximum absolute atomic E-state index is 8.98. The van der Waals surface area contributed by atoms with Crippen LogP contribution in [-0.4, -0.2) is 23.2 Å². The molecule has 0 atom stereocenters. The third kappa shape index (κ3) is 8.41. The predicted molar refractivity (Wildman–Crippen MR) is 173 cm³/mol. The van der Waals surface area contributed by atoms with E-state index in [2.05, 4.69) is 51.1 Å². The van der Waals surface area contributed by atoms with E-state index in [0.29, 0.717) is 18.8 Å². The molecule has 5 nitrogen and oxygen atoms in total. The molecule has 0 amide bonds. The van der Waals surface area contributed by atoms with E-state index in [-0.39, 0.29) is 0 Å². The molecule has 0 aliphatic carbocycles. The topological polar surface area (TPSA) is 68.0 Å². The van der Waals surface area contributed by atoms with Crippen molar-refractivity contribution >= 4 is 24.3 Å². The summed E-state index contributed by atoms with van der Waals surface area (Å²) in [5.74, 6) is 1.57. The smallest absolute Gasteiger partial charge is 0.161 e. The number of nitriles is 1. The molecule has 214 valence electrons. The van der Waals surface area contributed by atoms with Gasteiger partial charge < -0.3 is 9.47 Å². The van der Waals surface area contributed by atoms with E-state index in [4.69, 9.17) is 24.7 Å². The van der Waals surface area contributed by atoms with Crippen LogP contribution in [0, 0.1) is 25.2 Å². The van der Waals surface area contributed by atoms with E-state index < -0.39 is 0 Å². The highest BCUT2D eigenvalue weighted by molar-refractivity contribution is 5.74. The zero-order chi connectivity index (χ0) is 29.7. The molecule has 2 aromatic carbocycles. The molecule has 0 saturated carbocycles. The van der Waals surface area contributed by atoms with Gasteiger partial charge in [0.15, 0.2) is 11.5 Å². The van der Waals surface area contributed by atoms with Crippen molar-refractivity contribution in [3.05, 3.63) is 106 Å². The lowest BCUT2D eigenvalue weighted by atomic mass is 10.0. The Balaban J connectivity index is 1.44. The Labute approximate surface area is 250 Å². The van der Waals surface area contributed by atoms with E-state index >= 15 is 0 Å². The number of aromatic nitrogens is 2. The third-order valence-electron chi connectivity index (χ3n) is 7.00. The average Bonchev–Trinajstić information content (AvgIpc) is 3.01. The Bertz CT molecular complexity index is 1580. The lowest BCUT2D eigenvalue weighted by molar-refractivity contribution is 0.270. The standard InChI is InChI=1S/C37H39N3O2/c1-5-7-8-9-20-42-36-19-16-30(23-37(36)41-6-2)15-18-35-28(4)22-33(26-40-35)32-21-27(3)34(39-25-32)17-14-29-10-12-31(24-38)13-11-29/h10-19,21-23,25-26H,5-9,20H2,1-4H3/b17-14+,18-15+. The molecule has 0 N–H and O–H groups in total. The SMILES string of the molecule is CCCCCCOc1ccc(/C=C/c2ncc(-c3cnc(/C=C/c4ccc(C#N)cc4)c(C)c3)cc2C)cc1OCC. The molecule has 42 heavy (non-hydrogen) atoms. The summed E-state index contributed by atoms with van der Waals surface area (Å²) in [5.41, 5.74) is 8.76. The molecular weight excluding hydrogens is 518 g/mol. The number of hydrogen-bond acceptors (Lipinski definition) is 5. The zero-order valence-electron chi connectivity index (χ0n) is 25.1. The molecule has 0 aliphatic heterocycles. The molecular formula is C37H39N3O2. The van der Waals surface area contributed by atoms with Crippen molar-refractivity contribution in [2.45, 2.75) is 53.4 Å². The summed E-state index contributed by atoms with van der Waals surface area (Å²) >= 11 is 0. The van der Waals surface area contributed by atoms with Crippen molar-refractivity contribution in [1.82, 2.24) is 9.97 Å². The monoisotopic (exact) mass is 557 g/mol. The fraction of sp³-hybridized carbons (Fsp3) is 0.270. The van der Waals surface area contributed by atoms with Crippen LogP contribution in [0.1, 0.15) is 78.7 Å². The normalized spacial score (nSPS) is 11.2. The highest BCUT2D eigenvalue weighted by Crippen LogP contribution is 2.30. The fourth-order valence-corrected chi connectivity index (χ4v) is 4.58. The van der Waals surface area contributed by atoms with Crippen molar-refractivity contribution in [3.63, 3.8) is 0 Å². The van der Waals surface area contributed by atoms with E-state index in [9.17, 15) is 0 Å². The van der Waals surface area contributed by atoms with Crippen LogP contribution in [0.2, 0.25) is 0 Å². The highest BCUT2D eigenvalue weighted by Gasteiger charge is 2.08. The minimum absolute atomic E-state index is 0.588. The van der Waals surface area contributed by atoms with Crippen LogP contribution in [0.15, 0.2) is 67.0 Å². The maximum atomic E-state index is 8.98. The maximum Gasteiger partial charge on any atom is 0.161 e. The zero-order valence-corrected chi connectivity index (χ0v) is 25.1. The summed E-state index contributed by atoms with van der Waals surface area (Å²) in [4.78, 5) is 9.44. The Morgan fingerprint density at radius 3 is 1.88 bits per heavy atom. The van der Waals surface area contributed by atoms with Gasteiger partial charge in [-0.2, -0.15) is 5.26 Å². The Morgan fingerprint density at radius 1 is 0.690 bits per heavy atom. The average molecular weight is 558 g/mol. The van der Waals surface area contributed by atoms with E-state index in [1.54, 1.807) is 0 Å². The molecule has 2 heterocycles. The van der Waals surface area contributed by atoms with Gasteiger partial charge >= 0.3 is 0 Å². The van der Waals surface area contributed by atoms with Crippen LogP contribution < -0.4 is 9.47 Å². The molecule has 0 saturated heterocycles. The second-order valence-corrected chi connectivity index (χ2v) is 10.3. The molecule has 0 spiro atoms. The molecule has 5 heteroatoms. The first-order chi connectivity index (χ1) is 20.5. The van der Waals surface area contributed by atoms with Gasteiger partial charge in [-0.3, -0.25) is 9.97 Å². The minimum atomic E-state index is 0.588. The number of hydrogen-bond donors (Lipinski definition) is 0. The summed E-state index contributed by atoms with van der Waals surface area (Å²) < 4.78 is 11.9. The highest BCUT2D eigenvalue weighted by atomic mass is 16.5. The largest absolute Gasteiger partial charge is 0.490 e. The quantitative estimate of drug-likeness (QED) is 0.153. The van der Waals surface area contributed by atoms with Gasteiger partial charge in [0.25, 0.3) is 0 Å². The second kappa shape index (κ2) is 15.3. The van der Waals surface area contributed by atoms with Gasteiger partial charge in [0.2, 0.25) is 0 Å². The van der Waals surface area contributed by atoms with Crippen LogP contribution in [0.4, 0.5) is 0 Å².